The number of hydrogen-bond donors (Lipinski definition) is 0. The van der Waals surface area contributed by atoms with Crippen LogP contribution in [-0.4, -0.2) is 43.8 Å². The SMILES string of the molecule is O=C([O-])c1ccccc1.O=C([O-])c1ccccc1.O=C([O-])c1ccccc1.[In+3]. The molecule has 3 aromatic carbocycles. The van der Waals surface area contributed by atoms with Gasteiger partial charge in [-0.05, 0) is 16.7 Å². The van der Waals surface area contributed by atoms with Gasteiger partial charge in [-0.25, -0.2) is 0 Å². The molecule has 6 nitrogen and oxygen atoms in total. The van der Waals surface area contributed by atoms with Crippen molar-refractivity contribution in [1.82, 2.24) is 0 Å². The van der Waals surface area contributed by atoms with Crippen LogP contribution in [0.3, 0.4) is 0 Å². The second-order valence-corrected chi connectivity index (χ2v) is 4.96. The molecule has 138 valence electrons. The fourth-order valence-corrected chi connectivity index (χ4v) is 1.72. The molecule has 0 spiro atoms. The van der Waals surface area contributed by atoms with E-state index in [4.69, 9.17) is 0 Å². The van der Waals surface area contributed by atoms with Gasteiger partial charge in [0.25, 0.3) is 0 Å². The zero-order chi connectivity index (χ0) is 20.1. The van der Waals surface area contributed by atoms with Gasteiger partial charge in [-0.1, -0.05) is 91.0 Å². The van der Waals surface area contributed by atoms with Crippen molar-refractivity contribution >= 4 is 43.8 Å². The second kappa shape index (κ2) is 14.1. The molecule has 0 radical (unpaired) electrons. The third kappa shape index (κ3) is 10.2. The molecule has 0 aliphatic carbocycles. The number of benzene rings is 3. The van der Waals surface area contributed by atoms with Crippen LogP contribution >= 0.6 is 0 Å². The summed E-state index contributed by atoms with van der Waals surface area (Å²) < 4.78 is 0. The number of carboxylic acid groups (broad SMARTS) is 3. The smallest absolute Gasteiger partial charge is 0.545 e. The third-order valence-corrected chi connectivity index (χ3v) is 3.03. The summed E-state index contributed by atoms with van der Waals surface area (Å²) in [5.74, 6) is -3.39. The standard InChI is InChI=1S/3C7H6O2.In/c3*8-7(9)6-4-2-1-3-5-6;/h3*1-5H,(H,8,9);/q;;;+3/p-3. The average Bonchev–Trinajstić information content (AvgIpc) is 2.71. The Bertz CT molecular complexity index is 734. The van der Waals surface area contributed by atoms with Crippen molar-refractivity contribution in [1.29, 1.82) is 0 Å². The molecule has 7 heteroatoms. The first-order valence-electron chi connectivity index (χ1n) is 7.71. The molecule has 0 amide bonds. The Morgan fingerprint density at radius 2 is 0.607 bits per heavy atom. The van der Waals surface area contributed by atoms with E-state index in [1.165, 1.54) is 36.4 Å². The van der Waals surface area contributed by atoms with E-state index in [-0.39, 0.29) is 42.5 Å². The summed E-state index contributed by atoms with van der Waals surface area (Å²) in [6.07, 6.45) is 0. The molecule has 0 aliphatic rings. The van der Waals surface area contributed by atoms with E-state index in [0.717, 1.165) is 0 Å². The van der Waals surface area contributed by atoms with Crippen molar-refractivity contribution in [3.63, 3.8) is 0 Å². The van der Waals surface area contributed by atoms with Crippen LogP contribution in [0, 0.1) is 0 Å². The molecular weight excluding hydrogens is 463 g/mol. The number of carbonyl (C=O) groups excluding carboxylic acids is 3. The fourth-order valence-electron chi connectivity index (χ4n) is 1.72. The molecule has 3 rings (SSSR count). The van der Waals surface area contributed by atoms with Crippen LogP contribution < -0.4 is 15.3 Å². The van der Waals surface area contributed by atoms with Gasteiger partial charge in [-0.2, -0.15) is 0 Å². The minimum absolute atomic E-state index is 0. The first-order valence-corrected chi connectivity index (χ1v) is 7.71. The largest absolute Gasteiger partial charge is 3.00 e. The Labute approximate surface area is 180 Å². The van der Waals surface area contributed by atoms with Crippen molar-refractivity contribution < 1.29 is 29.7 Å². The molecule has 0 N–H and O–H groups in total. The summed E-state index contributed by atoms with van der Waals surface area (Å²) >= 11 is 0. The van der Waals surface area contributed by atoms with Crippen LogP contribution in [0.2, 0.25) is 0 Å². The van der Waals surface area contributed by atoms with Gasteiger partial charge in [0, 0.05) is 0 Å². The minimum atomic E-state index is -1.13. The van der Waals surface area contributed by atoms with E-state index in [1.54, 1.807) is 54.6 Å². The molecule has 0 bridgehead atoms. The monoisotopic (exact) mass is 478 g/mol. The number of carbonyl (C=O) groups is 3. The first-order chi connectivity index (χ1) is 12.9. The Morgan fingerprint density at radius 1 is 0.429 bits per heavy atom. The molecule has 0 saturated carbocycles. The van der Waals surface area contributed by atoms with Crippen molar-refractivity contribution in [3.05, 3.63) is 108 Å². The van der Waals surface area contributed by atoms with E-state index in [0.29, 0.717) is 0 Å². The summed E-state index contributed by atoms with van der Waals surface area (Å²) in [7, 11) is 0. The summed E-state index contributed by atoms with van der Waals surface area (Å²) in [6, 6.07) is 24.2. The van der Waals surface area contributed by atoms with E-state index >= 15 is 0 Å². The number of aromatic carboxylic acids is 3. The van der Waals surface area contributed by atoms with Crippen molar-refractivity contribution in [2.24, 2.45) is 0 Å². The average molecular weight is 478 g/mol. The third-order valence-electron chi connectivity index (χ3n) is 3.03. The first kappa shape index (κ1) is 24.9. The van der Waals surface area contributed by atoms with Crippen LogP contribution in [0.1, 0.15) is 31.1 Å². The second-order valence-electron chi connectivity index (χ2n) is 4.96. The topological polar surface area (TPSA) is 120 Å². The van der Waals surface area contributed by atoms with Crippen LogP contribution in [0.15, 0.2) is 91.0 Å². The number of hydrogen-bond acceptors (Lipinski definition) is 6. The molecule has 0 aromatic heterocycles. The summed E-state index contributed by atoms with van der Waals surface area (Å²) in [4.78, 5) is 30.3. The van der Waals surface area contributed by atoms with Crippen LogP contribution in [0.4, 0.5) is 0 Å². The Hall–Kier alpha value is -3.06. The Balaban J connectivity index is 0.000000384. The van der Waals surface area contributed by atoms with E-state index < -0.39 is 17.9 Å². The predicted octanol–water partition coefficient (Wildman–Crippen LogP) is -0.231. The maximum absolute atomic E-state index is 10.1. The van der Waals surface area contributed by atoms with Gasteiger partial charge in [0.1, 0.15) is 0 Å². The molecule has 28 heavy (non-hydrogen) atoms. The van der Waals surface area contributed by atoms with Gasteiger partial charge in [-0.3, -0.25) is 0 Å². The van der Waals surface area contributed by atoms with Crippen molar-refractivity contribution in [2.75, 3.05) is 0 Å². The van der Waals surface area contributed by atoms with Crippen LogP contribution in [-0.2, 0) is 0 Å². The van der Waals surface area contributed by atoms with Gasteiger partial charge in [0.05, 0.1) is 17.9 Å². The number of rotatable bonds is 3. The molecule has 0 unspecified atom stereocenters. The van der Waals surface area contributed by atoms with Gasteiger partial charge < -0.3 is 29.7 Å². The predicted molar refractivity (Wildman–Crippen MR) is 98.1 cm³/mol. The molecular formula is C21H15InO6. The molecule has 0 heterocycles. The summed E-state index contributed by atoms with van der Waals surface area (Å²) in [6.45, 7) is 0. The quantitative estimate of drug-likeness (QED) is 0.513. The Morgan fingerprint density at radius 3 is 0.714 bits per heavy atom. The Kier molecular flexibility index (Phi) is 12.5. The molecule has 0 aliphatic heterocycles. The van der Waals surface area contributed by atoms with E-state index in [1.807, 2.05) is 0 Å². The van der Waals surface area contributed by atoms with E-state index in [2.05, 4.69) is 0 Å². The maximum Gasteiger partial charge on any atom is 3.00 e. The van der Waals surface area contributed by atoms with Gasteiger partial charge in [0.15, 0.2) is 0 Å². The van der Waals surface area contributed by atoms with Gasteiger partial charge >= 0.3 is 25.8 Å². The van der Waals surface area contributed by atoms with Crippen LogP contribution in [0.25, 0.3) is 0 Å². The van der Waals surface area contributed by atoms with E-state index in [9.17, 15) is 29.7 Å². The molecule has 0 atom stereocenters. The molecule has 0 fully saturated rings. The minimum Gasteiger partial charge on any atom is -0.545 e. The zero-order valence-electron chi connectivity index (χ0n) is 14.7. The summed E-state index contributed by atoms with van der Waals surface area (Å²) in [5.41, 5.74) is 0.660. The van der Waals surface area contributed by atoms with Gasteiger partial charge in [-0.15, -0.1) is 0 Å². The van der Waals surface area contributed by atoms with Gasteiger partial charge in [0.2, 0.25) is 0 Å². The number of carboxylic acids is 3. The fraction of sp³-hybridized carbons (Fsp3) is 0. The zero-order valence-corrected chi connectivity index (χ0v) is 18.0. The van der Waals surface area contributed by atoms with Crippen molar-refractivity contribution in [3.8, 4) is 0 Å². The maximum atomic E-state index is 10.1. The normalized spacial score (nSPS) is 8.57. The molecule has 0 saturated heterocycles. The summed E-state index contributed by atoms with van der Waals surface area (Å²) in [5, 5.41) is 30.3. The van der Waals surface area contributed by atoms with Crippen molar-refractivity contribution in [2.45, 2.75) is 0 Å². The van der Waals surface area contributed by atoms with Crippen LogP contribution in [0.5, 0.6) is 0 Å². The molecule has 3 aromatic rings.